The molecular formula is C26H34F3N3O6S. The molecule has 0 heterocycles. The van der Waals surface area contributed by atoms with Crippen LogP contribution in [0.4, 0.5) is 13.2 Å². The molecule has 1 unspecified atom stereocenters. The summed E-state index contributed by atoms with van der Waals surface area (Å²) in [5, 5.41) is 8.79. The number of halogens is 3. The summed E-state index contributed by atoms with van der Waals surface area (Å²) in [5.41, 5.74) is 5.99. The van der Waals surface area contributed by atoms with Crippen molar-refractivity contribution in [3.05, 3.63) is 42.5 Å². The van der Waals surface area contributed by atoms with E-state index in [-0.39, 0.29) is 22.8 Å². The van der Waals surface area contributed by atoms with Crippen LogP contribution >= 0.6 is 0 Å². The number of carboxylic acids is 1. The third-order valence-corrected chi connectivity index (χ3v) is 8.00. The van der Waals surface area contributed by atoms with Gasteiger partial charge >= 0.3 is 12.1 Å². The number of aliphatic carboxylic acids is 1. The first-order valence-electron chi connectivity index (χ1n) is 12.6. The van der Waals surface area contributed by atoms with Crippen LogP contribution in [0.1, 0.15) is 46.0 Å². The molecule has 0 radical (unpaired) electrons. The summed E-state index contributed by atoms with van der Waals surface area (Å²) >= 11 is 0. The van der Waals surface area contributed by atoms with E-state index in [0.29, 0.717) is 19.5 Å². The number of amides is 2. The fraction of sp³-hybridized carbons (Fsp3) is 0.500. The molecule has 4 N–H and O–H groups in total. The van der Waals surface area contributed by atoms with Gasteiger partial charge in [0, 0.05) is 19.1 Å². The quantitative estimate of drug-likeness (QED) is 0.408. The molecule has 1 fully saturated rings. The number of nitrogens with zero attached hydrogens (tertiary/aromatic N) is 1. The van der Waals surface area contributed by atoms with Crippen molar-refractivity contribution in [3.63, 3.8) is 0 Å². The molecule has 0 saturated heterocycles. The lowest BCUT2D eigenvalue weighted by Crippen LogP contribution is -2.46. The van der Waals surface area contributed by atoms with Crippen LogP contribution in [0.3, 0.4) is 0 Å². The van der Waals surface area contributed by atoms with Crippen LogP contribution in [0.2, 0.25) is 0 Å². The highest BCUT2D eigenvalue weighted by Crippen LogP contribution is 2.30. The summed E-state index contributed by atoms with van der Waals surface area (Å²) in [6.07, 6.45) is -1.36. The van der Waals surface area contributed by atoms with Gasteiger partial charge in [-0.1, -0.05) is 30.3 Å². The number of hydrogen-bond donors (Lipinski definition) is 3. The number of carbonyl (C=O) groups excluding carboxylic acids is 2. The predicted molar refractivity (Wildman–Crippen MR) is 139 cm³/mol. The molecule has 1 aliphatic rings. The molecular weight excluding hydrogens is 539 g/mol. The summed E-state index contributed by atoms with van der Waals surface area (Å²) in [6.45, 7) is 4.63. The van der Waals surface area contributed by atoms with Crippen molar-refractivity contribution in [3.8, 4) is 0 Å². The van der Waals surface area contributed by atoms with Crippen molar-refractivity contribution in [1.29, 1.82) is 0 Å². The molecule has 2 aromatic rings. The summed E-state index contributed by atoms with van der Waals surface area (Å²) in [5.74, 6) is -4.70. The van der Waals surface area contributed by atoms with Crippen LogP contribution in [0.25, 0.3) is 10.8 Å². The van der Waals surface area contributed by atoms with E-state index in [9.17, 15) is 31.2 Å². The molecule has 13 heteroatoms. The van der Waals surface area contributed by atoms with Gasteiger partial charge in [-0.2, -0.15) is 13.2 Å². The van der Waals surface area contributed by atoms with E-state index in [2.05, 4.69) is 4.72 Å². The van der Waals surface area contributed by atoms with Gasteiger partial charge in [0.15, 0.2) is 0 Å². The van der Waals surface area contributed by atoms with Gasteiger partial charge in [-0.3, -0.25) is 9.59 Å². The van der Waals surface area contributed by atoms with Gasteiger partial charge in [0.2, 0.25) is 11.8 Å². The Morgan fingerprint density at radius 3 is 2.08 bits per heavy atom. The maximum absolute atomic E-state index is 13.1. The third-order valence-electron chi connectivity index (χ3n) is 6.66. The van der Waals surface area contributed by atoms with Crippen LogP contribution in [0.15, 0.2) is 47.4 Å². The molecule has 0 spiro atoms. The molecule has 9 nitrogen and oxygen atoms in total. The van der Waals surface area contributed by atoms with E-state index in [1.54, 1.807) is 11.0 Å². The number of alkyl halides is 3. The standard InChI is InChI=1S/C24H33N3O4S.C2HF3O2/c1-3-27(4-2)24(29)22(15-17-9-12-20(25)13-10-17)23(28)26-32(30,31)21-14-11-18-7-5-6-8-19(18)16-21;3-2(4,5)1(6)7/h5-8,11,14,16-17,20,22H,3-4,9-10,12-13,15,25H2,1-2H3,(H,26,28);(H,6,7)/t17-,20+,22?;. The first-order valence-corrected chi connectivity index (χ1v) is 14.1. The van der Waals surface area contributed by atoms with Gasteiger partial charge in [-0.05, 0) is 74.8 Å². The van der Waals surface area contributed by atoms with Crippen molar-refractivity contribution in [2.45, 2.75) is 63.1 Å². The number of sulfonamides is 1. The molecule has 3 rings (SSSR count). The topological polar surface area (TPSA) is 147 Å². The molecule has 0 aromatic heterocycles. The first kappa shape index (κ1) is 32.0. The molecule has 0 bridgehead atoms. The number of rotatable bonds is 8. The average molecular weight is 574 g/mol. The molecule has 2 aromatic carbocycles. The second kappa shape index (κ2) is 13.7. The molecule has 39 heavy (non-hydrogen) atoms. The van der Waals surface area contributed by atoms with Gasteiger partial charge in [-0.15, -0.1) is 0 Å². The Morgan fingerprint density at radius 1 is 1.03 bits per heavy atom. The first-order chi connectivity index (χ1) is 18.2. The highest BCUT2D eigenvalue weighted by Gasteiger charge is 2.38. The number of carboxylic acid groups (broad SMARTS) is 1. The summed E-state index contributed by atoms with van der Waals surface area (Å²) in [6, 6.07) is 12.3. The van der Waals surface area contributed by atoms with Crippen molar-refractivity contribution in [2.24, 2.45) is 17.6 Å². The summed E-state index contributed by atoms with van der Waals surface area (Å²) < 4.78 is 59.9. The Hall–Kier alpha value is -3.19. The van der Waals surface area contributed by atoms with Crippen LogP contribution in [0, 0.1) is 11.8 Å². The van der Waals surface area contributed by atoms with Crippen molar-refractivity contribution < 1.29 is 41.1 Å². The van der Waals surface area contributed by atoms with E-state index in [1.165, 1.54) is 12.1 Å². The number of carbonyl (C=O) groups is 3. The fourth-order valence-electron chi connectivity index (χ4n) is 4.43. The second-order valence-electron chi connectivity index (χ2n) is 9.36. The van der Waals surface area contributed by atoms with E-state index < -0.39 is 34.0 Å². The summed E-state index contributed by atoms with van der Waals surface area (Å²) in [7, 11) is -4.11. The Labute approximate surface area is 225 Å². The lowest BCUT2D eigenvalue weighted by molar-refractivity contribution is -0.192. The van der Waals surface area contributed by atoms with Crippen LogP contribution < -0.4 is 10.5 Å². The molecule has 0 aliphatic heterocycles. The molecule has 1 aliphatic carbocycles. The lowest BCUT2D eigenvalue weighted by atomic mass is 9.80. The molecule has 2 amide bonds. The normalized spacial score (nSPS) is 18.4. The van der Waals surface area contributed by atoms with Crippen LogP contribution in [0.5, 0.6) is 0 Å². The van der Waals surface area contributed by atoms with Crippen molar-refractivity contribution in [2.75, 3.05) is 13.1 Å². The maximum Gasteiger partial charge on any atom is 0.490 e. The van der Waals surface area contributed by atoms with Crippen molar-refractivity contribution in [1.82, 2.24) is 9.62 Å². The number of fused-ring (bicyclic) bond motifs is 1. The van der Waals surface area contributed by atoms with Crippen LogP contribution in [-0.4, -0.2) is 61.5 Å². The summed E-state index contributed by atoms with van der Waals surface area (Å²) in [4.78, 5) is 36.8. The lowest BCUT2D eigenvalue weighted by Gasteiger charge is -2.30. The van der Waals surface area contributed by atoms with Gasteiger partial charge in [0.25, 0.3) is 10.0 Å². The Balaban J connectivity index is 0.000000673. The Morgan fingerprint density at radius 2 is 1.56 bits per heavy atom. The SMILES string of the molecule is CCN(CC)C(=O)C(C[C@H]1CC[C@@H](N)CC1)C(=O)NS(=O)(=O)c1ccc2ccccc2c1.O=C(O)C(F)(F)F. The van der Waals surface area contributed by atoms with Crippen molar-refractivity contribution >= 4 is 38.6 Å². The van der Waals surface area contributed by atoms with Gasteiger partial charge in [0.05, 0.1) is 4.90 Å². The number of nitrogens with one attached hydrogen (secondary N) is 1. The largest absolute Gasteiger partial charge is 0.490 e. The highest BCUT2D eigenvalue weighted by atomic mass is 32.2. The monoisotopic (exact) mass is 573 g/mol. The van der Waals surface area contributed by atoms with E-state index in [4.69, 9.17) is 15.6 Å². The predicted octanol–water partition coefficient (Wildman–Crippen LogP) is 3.67. The van der Waals surface area contributed by atoms with E-state index in [1.807, 2.05) is 38.1 Å². The maximum atomic E-state index is 13.1. The second-order valence-corrected chi connectivity index (χ2v) is 11.0. The zero-order valence-corrected chi connectivity index (χ0v) is 22.6. The minimum atomic E-state index is -5.08. The van der Waals surface area contributed by atoms with Gasteiger partial charge in [-0.25, -0.2) is 17.9 Å². The minimum Gasteiger partial charge on any atom is -0.475 e. The number of hydrogen-bond acceptors (Lipinski definition) is 6. The number of nitrogens with two attached hydrogens (primary N) is 1. The average Bonchev–Trinajstić information content (AvgIpc) is 2.88. The Bertz CT molecular complexity index is 1260. The highest BCUT2D eigenvalue weighted by molar-refractivity contribution is 7.90. The molecule has 1 atom stereocenters. The number of benzene rings is 2. The smallest absolute Gasteiger partial charge is 0.475 e. The van der Waals surface area contributed by atoms with E-state index >= 15 is 0 Å². The van der Waals surface area contributed by atoms with Gasteiger partial charge < -0.3 is 15.7 Å². The van der Waals surface area contributed by atoms with E-state index in [0.717, 1.165) is 36.5 Å². The third kappa shape index (κ3) is 9.20. The Kier molecular flexibility index (Phi) is 11.3. The van der Waals surface area contributed by atoms with Crippen LogP contribution in [-0.2, 0) is 24.4 Å². The van der Waals surface area contributed by atoms with Gasteiger partial charge in [0.1, 0.15) is 5.92 Å². The zero-order valence-electron chi connectivity index (χ0n) is 21.8. The molecule has 1 saturated carbocycles. The zero-order chi connectivity index (χ0) is 29.4. The molecule has 216 valence electrons. The fourth-order valence-corrected chi connectivity index (χ4v) is 5.48. The minimum absolute atomic E-state index is 0.00206.